The van der Waals surface area contributed by atoms with E-state index in [0.717, 1.165) is 23.9 Å². The van der Waals surface area contributed by atoms with Gasteiger partial charge < -0.3 is 0 Å². The Balaban J connectivity index is 2.16. The summed E-state index contributed by atoms with van der Waals surface area (Å²) in [5.41, 5.74) is -0.174. The fraction of sp³-hybridized carbons (Fsp3) is 0.250. The normalized spacial score (nSPS) is 10.4. The number of anilines is 1. The summed E-state index contributed by atoms with van der Waals surface area (Å²) in [6, 6.07) is 3.86. The first-order valence-corrected chi connectivity index (χ1v) is 7.28. The molecule has 0 spiro atoms. The molecule has 0 saturated heterocycles. The maximum absolute atomic E-state index is 12.0. The summed E-state index contributed by atoms with van der Waals surface area (Å²) >= 11 is 6.98. The number of rotatable bonds is 5. The Kier molecular flexibility index (Phi) is 4.81. The lowest BCUT2D eigenvalue weighted by atomic mass is 10.2. The van der Waals surface area contributed by atoms with E-state index in [0.29, 0.717) is 5.13 Å². The second kappa shape index (κ2) is 6.59. The van der Waals surface area contributed by atoms with Crippen molar-refractivity contribution in [3.63, 3.8) is 0 Å². The molecule has 21 heavy (non-hydrogen) atoms. The van der Waals surface area contributed by atoms with Crippen molar-refractivity contribution < 1.29 is 9.72 Å². The molecule has 1 heterocycles. The van der Waals surface area contributed by atoms with Crippen LogP contribution in [0.25, 0.3) is 0 Å². The highest BCUT2D eigenvalue weighted by Crippen LogP contribution is 2.25. The van der Waals surface area contributed by atoms with Crippen molar-refractivity contribution in [3.05, 3.63) is 43.9 Å². The number of benzene rings is 1. The Bertz CT molecular complexity index is 689. The molecule has 1 amide bonds. The number of hydrogen-bond donors (Lipinski definition) is 1. The summed E-state index contributed by atoms with van der Waals surface area (Å²) in [6.45, 7) is 2.02. The van der Waals surface area contributed by atoms with Crippen molar-refractivity contribution in [2.75, 3.05) is 5.32 Å². The van der Waals surface area contributed by atoms with Crippen molar-refractivity contribution in [1.82, 2.24) is 10.2 Å². The van der Waals surface area contributed by atoms with Gasteiger partial charge >= 0.3 is 0 Å². The first-order valence-electron chi connectivity index (χ1n) is 6.09. The Morgan fingerprint density at radius 3 is 2.90 bits per heavy atom. The topological polar surface area (TPSA) is 98.0 Å². The average molecular weight is 327 g/mol. The monoisotopic (exact) mass is 326 g/mol. The molecule has 1 aromatic carbocycles. The zero-order chi connectivity index (χ0) is 15.4. The minimum Gasteiger partial charge on any atom is -0.296 e. The maximum atomic E-state index is 12.0. The molecule has 1 N–H and O–H groups in total. The van der Waals surface area contributed by atoms with Crippen molar-refractivity contribution >= 4 is 39.7 Å². The number of aromatic nitrogens is 2. The molecular formula is C12H11ClN4O3S. The van der Waals surface area contributed by atoms with Crippen LogP contribution >= 0.6 is 22.9 Å². The Hall–Kier alpha value is -2.06. The summed E-state index contributed by atoms with van der Waals surface area (Å²) in [5.74, 6) is -0.492. The predicted octanol–water partition coefficient (Wildman–Crippen LogP) is 3.30. The minimum atomic E-state index is -0.636. The number of nitro benzene ring substituents is 1. The van der Waals surface area contributed by atoms with E-state index in [2.05, 4.69) is 15.5 Å². The highest BCUT2D eigenvalue weighted by molar-refractivity contribution is 7.15. The lowest BCUT2D eigenvalue weighted by Gasteiger charge is -2.02. The van der Waals surface area contributed by atoms with Crippen LogP contribution in [0.3, 0.4) is 0 Å². The second-order valence-electron chi connectivity index (χ2n) is 4.13. The van der Waals surface area contributed by atoms with E-state index < -0.39 is 10.8 Å². The van der Waals surface area contributed by atoms with Gasteiger partial charge in [-0.15, -0.1) is 10.2 Å². The van der Waals surface area contributed by atoms with E-state index in [1.54, 1.807) is 0 Å². The molecule has 2 aromatic rings. The van der Waals surface area contributed by atoms with Crippen LogP contribution in [0.15, 0.2) is 18.2 Å². The highest BCUT2D eigenvalue weighted by atomic mass is 35.5. The molecule has 0 saturated carbocycles. The molecule has 0 unspecified atom stereocenters. The van der Waals surface area contributed by atoms with E-state index in [4.69, 9.17) is 11.6 Å². The zero-order valence-electron chi connectivity index (χ0n) is 11.0. The van der Waals surface area contributed by atoms with Crippen LogP contribution in [0.5, 0.6) is 0 Å². The van der Waals surface area contributed by atoms with Crippen LogP contribution in [0, 0.1) is 10.1 Å². The average Bonchev–Trinajstić information content (AvgIpc) is 2.86. The Morgan fingerprint density at radius 1 is 1.48 bits per heavy atom. The fourth-order valence-corrected chi connectivity index (χ4v) is 2.61. The second-order valence-corrected chi connectivity index (χ2v) is 5.60. The number of nitrogens with one attached hydrogen (secondary N) is 1. The van der Waals surface area contributed by atoms with Gasteiger partial charge in [-0.25, -0.2) is 0 Å². The number of amides is 1. The van der Waals surface area contributed by atoms with Gasteiger partial charge in [0.05, 0.1) is 4.92 Å². The summed E-state index contributed by atoms with van der Waals surface area (Å²) in [4.78, 5) is 22.2. The van der Waals surface area contributed by atoms with Crippen LogP contribution in [0.4, 0.5) is 10.8 Å². The molecule has 0 aliphatic rings. The first kappa shape index (κ1) is 15.3. The number of aryl methyl sites for hydroxylation is 1. The number of halogens is 1. The quantitative estimate of drug-likeness (QED) is 0.671. The van der Waals surface area contributed by atoms with Crippen LogP contribution in [0.1, 0.15) is 28.7 Å². The Labute approximate surface area is 129 Å². The van der Waals surface area contributed by atoms with Gasteiger partial charge in [0, 0.05) is 18.1 Å². The maximum Gasteiger partial charge on any atom is 0.288 e. The molecule has 0 fully saturated rings. The van der Waals surface area contributed by atoms with Crippen LogP contribution in [-0.4, -0.2) is 21.0 Å². The summed E-state index contributed by atoms with van der Waals surface area (Å²) in [5, 5.41) is 22.3. The van der Waals surface area contributed by atoms with Crippen LogP contribution < -0.4 is 5.32 Å². The third-order valence-electron chi connectivity index (χ3n) is 2.56. The van der Waals surface area contributed by atoms with Gasteiger partial charge in [-0.05, 0) is 18.6 Å². The van der Waals surface area contributed by atoms with Crippen molar-refractivity contribution in [3.8, 4) is 0 Å². The fourth-order valence-electron chi connectivity index (χ4n) is 1.58. The molecular weight excluding hydrogens is 316 g/mol. The summed E-state index contributed by atoms with van der Waals surface area (Å²) in [6.07, 6.45) is 1.73. The third kappa shape index (κ3) is 3.73. The molecule has 110 valence electrons. The van der Waals surface area contributed by atoms with Crippen molar-refractivity contribution in [2.45, 2.75) is 19.8 Å². The lowest BCUT2D eigenvalue weighted by molar-refractivity contribution is -0.384. The standard InChI is InChI=1S/C12H11ClN4O3S/c1-2-3-10-15-16-12(21-10)14-11(18)7-4-5-8(13)9(6-7)17(19)20/h4-6H,2-3H2,1H3,(H,14,16,18). The molecule has 7 nitrogen and oxygen atoms in total. The third-order valence-corrected chi connectivity index (χ3v) is 3.77. The molecule has 0 aliphatic carbocycles. The van der Waals surface area contributed by atoms with Crippen molar-refractivity contribution in [1.29, 1.82) is 0 Å². The van der Waals surface area contributed by atoms with Gasteiger partial charge in [0.25, 0.3) is 11.6 Å². The molecule has 1 aromatic heterocycles. The number of carbonyl (C=O) groups is 1. The van der Waals surface area contributed by atoms with E-state index in [-0.39, 0.29) is 16.3 Å². The lowest BCUT2D eigenvalue weighted by Crippen LogP contribution is -2.12. The van der Waals surface area contributed by atoms with Crippen molar-refractivity contribution in [2.24, 2.45) is 0 Å². The van der Waals surface area contributed by atoms with Gasteiger partial charge in [0.15, 0.2) is 0 Å². The van der Waals surface area contributed by atoms with E-state index in [9.17, 15) is 14.9 Å². The van der Waals surface area contributed by atoms with Crippen LogP contribution in [-0.2, 0) is 6.42 Å². The van der Waals surface area contributed by atoms with Gasteiger partial charge in [-0.1, -0.05) is 29.9 Å². The summed E-state index contributed by atoms with van der Waals surface area (Å²) in [7, 11) is 0. The molecule has 0 aliphatic heterocycles. The van der Waals surface area contributed by atoms with E-state index in [1.165, 1.54) is 23.5 Å². The predicted molar refractivity (Wildman–Crippen MR) is 80.0 cm³/mol. The largest absolute Gasteiger partial charge is 0.296 e. The van der Waals surface area contributed by atoms with Gasteiger partial charge in [-0.3, -0.25) is 20.2 Å². The first-order chi connectivity index (χ1) is 10.0. The van der Waals surface area contributed by atoms with Crippen LogP contribution in [0.2, 0.25) is 5.02 Å². The zero-order valence-corrected chi connectivity index (χ0v) is 12.6. The Morgan fingerprint density at radius 2 is 2.24 bits per heavy atom. The molecule has 0 radical (unpaired) electrons. The SMILES string of the molecule is CCCc1nnc(NC(=O)c2ccc(Cl)c([N+](=O)[O-])c2)s1. The number of carbonyl (C=O) groups excluding carboxylic acids is 1. The molecule has 9 heteroatoms. The number of nitro groups is 1. The van der Waals surface area contributed by atoms with Gasteiger partial charge in [0.1, 0.15) is 10.0 Å². The highest BCUT2D eigenvalue weighted by Gasteiger charge is 2.17. The molecule has 0 atom stereocenters. The van der Waals surface area contributed by atoms with E-state index >= 15 is 0 Å². The van der Waals surface area contributed by atoms with E-state index in [1.807, 2.05) is 6.92 Å². The molecule has 0 bridgehead atoms. The smallest absolute Gasteiger partial charge is 0.288 e. The van der Waals surface area contributed by atoms with Gasteiger partial charge in [0.2, 0.25) is 5.13 Å². The summed E-state index contributed by atoms with van der Waals surface area (Å²) < 4.78 is 0. The minimum absolute atomic E-state index is 0.0160. The number of nitrogens with zero attached hydrogens (tertiary/aromatic N) is 3. The van der Waals surface area contributed by atoms with Gasteiger partial charge in [-0.2, -0.15) is 0 Å². The number of hydrogen-bond acceptors (Lipinski definition) is 6. The molecule has 2 rings (SSSR count).